The molecule has 6 N–H and O–H groups in total. The fourth-order valence-corrected chi connectivity index (χ4v) is 6.31. The van der Waals surface area contributed by atoms with Crippen molar-refractivity contribution in [3.63, 3.8) is 0 Å². The average Bonchev–Trinajstić information content (AvgIpc) is 3.10. The Balaban J connectivity index is 4.50. The van der Waals surface area contributed by atoms with E-state index in [1.165, 1.54) is 77.0 Å². The van der Waals surface area contributed by atoms with Crippen molar-refractivity contribution < 1.29 is 33.5 Å². The van der Waals surface area contributed by atoms with Gasteiger partial charge in [0.2, 0.25) is 5.91 Å². The molecule has 0 aromatic heterocycles. The zero-order valence-electron chi connectivity index (χ0n) is 32.4. The molecule has 0 spiro atoms. The van der Waals surface area contributed by atoms with Gasteiger partial charge in [-0.25, -0.2) is 4.57 Å². The molecule has 0 radical (unpaired) electrons. The molecule has 0 fully saturated rings. The summed E-state index contributed by atoms with van der Waals surface area (Å²) < 4.78 is 22.0. The number of carbonyl (C=O) groups excluding carboxylic acids is 1. The van der Waals surface area contributed by atoms with Gasteiger partial charge in [0, 0.05) is 6.54 Å². The van der Waals surface area contributed by atoms with Gasteiger partial charge in [-0.1, -0.05) is 140 Å². The largest absolute Gasteiger partial charge is 0.472 e. The summed E-state index contributed by atoms with van der Waals surface area (Å²) in [5, 5.41) is 23.9. The number of phosphoric acid groups is 1. The second kappa shape index (κ2) is 36.8. The second-order valence-corrected chi connectivity index (χ2v) is 15.1. The first kappa shape index (κ1) is 49.4. The molecule has 9 nitrogen and oxygen atoms in total. The molecule has 51 heavy (non-hydrogen) atoms. The first-order chi connectivity index (χ1) is 24.8. The van der Waals surface area contributed by atoms with Crippen LogP contribution in [0.4, 0.5) is 0 Å². The molecule has 298 valence electrons. The van der Waals surface area contributed by atoms with E-state index < -0.39 is 38.6 Å². The zero-order valence-corrected chi connectivity index (χ0v) is 33.3. The first-order valence-corrected chi connectivity index (χ1v) is 21.8. The monoisotopic (exact) mass is 741 g/mol. The number of carbonyl (C=O) groups is 1. The summed E-state index contributed by atoms with van der Waals surface area (Å²) in [6, 6.07) is -1.01. The minimum atomic E-state index is -4.41. The van der Waals surface area contributed by atoms with Gasteiger partial charge in [0.25, 0.3) is 0 Å². The number of aliphatic hydroxyl groups excluding tert-OH is 2. The molecule has 0 aromatic rings. The van der Waals surface area contributed by atoms with Gasteiger partial charge in [0.05, 0.1) is 37.9 Å². The van der Waals surface area contributed by atoms with Gasteiger partial charge in [-0.3, -0.25) is 13.8 Å². The van der Waals surface area contributed by atoms with Gasteiger partial charge in [0.1, 0.15) is 0 Å². The highest BCUT2D eigenvalue weighted by atomic mass is 31.2. The van der Waals surface area contributed by atoms with Crippen LogP contribution in [0.15, 0.2) is 48.6 Å². The Morgan fingerprint density at radius 2 is 1.12 bits per heavy atom. The Hall–Kier alpha value is -1.58. The van der Waals surface area contributed by atoms with Gasteiger partial charge in [-0.15, -0.1) is 0 Å². The number of amides is 1. The van der Waals surface area contributed by atoms with Crippen LogP contribution in [0.3, 0.4) is 0 Å². The minimum absolute atomic E-state index is 0.0394. The maximum atomic E-state index is 12.8. The third kappa shape index (κ3) is 35.2. The van der Waals surface area contributed by atoms with Crippen LogP contribution in [0, 0.1) is 0 Å². The number of phosphoric ester groups is 1. The van der Waals surface area contributed by atoms with Crippen molar-refractivity contribution in [2.24, 2.45) is 5.73 Å². The van der Waals surface area contributed by atoms with E-state index in [1.54, 1.807) is 6.08 Å². The smallest absolute Gasteiger partial charge is 0.393 e. The van der Waals surface area contributed by atoms with Crippen molar-refractivity contribution in [2.75, 3.05) is 19.8 Å². The molecule has 1 amide bonds. The van der Waals surface area contributed by atoms with E-state index in [9.17, 15) is 24.5 Å². The summed E-state index contributed by atoms with van der Waals surface area (Å²) in [5.74, 6) is -0.471. The van der Waals surface area contributed by atoms with Crippen molar-refractivity contribution >= 4 is 13.7 Å². The van der Waals surface area contributed by atoms with Gasteiger partial charge in [-0.2, -0.15) is 0 Å². The molecule has 0 aromatic carbocycles. The number of hydrogen-bond acceptors (Lipinski definition) is 7. The maximum absolute atomic E-state index is 12.8. The third-order valence-electron chi connectivity index (χ3n) is 8.66. The molecule has 0 aliphatic carbocycles. The van der Waals surface area contributed by atoms with Gasteiger partial charge in [-0.05, 0) is 70.6 Å². The average molecular weight is 741 g/mol. The first-order valence-electron chi connectivity index (χ1n) is 20.3. The number of nitrogens with two attached hydrogens (primary N) is 1. The van der Waals surface area contributed by atoms with Gasteiger partial charge < -0.3 is 26.2 Å². The number of unbranched alkanes of at least 4 members (excludes halogenated alkanes) is 17. The molecule has 0 rings (SSSR count). The molecule has 0 heterocycles. The van der Waals surface area contributed by atoms with Crippen molar-refractivity contribution in [2.45, 2.75) is 186 Å². The van der Waals surface area contributed by atoms with E-state index in [1.807, 2.05) is 6.08 Å². The lowest BCUT2D eigenvalue weighted by Gasteiger charge is -2.24. The fourth-order valence-electron chi connectivity index (χ4n) is 5.55. The lowest BCUT2D eigenvalue weighted by Crippen LogP contribution is -2.46. The lowest BCUT2D eigenvalue weighted by atomic mass is 10.1. The highest BCUT2D eigenvalue weighted by Crippen LogP contribution is 2.43. The van der Waals surface area contributed by atoms with E-state index >= 15 is 0 Å². The summed E-state index contributed by atoms with van der Waals surface area (Å²) >= 11 is 0. The predicted octanol–water partition coefficient (Wildman–Crippen LogP) is 9.91. The summed E-state index contributed by atoms with van der Waals surface area (Å²) in [6.07, 6.45) is 40.5. The van der Waals surface area contributed by atoms with Crippen LogP contribution in [-0.4, -0.2) is 59.0 Å². The highest BCUT2D eigenvalue weighted by Gasteiger charge is 2.27. The van der Waals surface area contributed by atoms with Crippen molar-refractivity contribution in [3.8, 4) is 0 Å². The fraction of sp³-hybridized carbons (Fsp3) is 0.780. The van der Waals surface area contributed by atoms with Crippen LogP contribution >= 0.6 is 7.82 Å². The quantitative estimate of drug-likeness (QED) is 0.0240. The molecule has 0 saturated carbocycles. The Morgan fingerprint density at radius 1 is 0.667 bits per heavy atom. The van der Waals surface area contributed by atoms with E-state index in [-0.39, 0.29) is 19.6 Å². The Labute approximate surface area is 312 Å². The van der Waals surface area contributed by atoms with E-state index in [2.05, 4.69) is 55.6 Å². The second-order valence-electron chi connectivity index (χ2n) is 13.7. The molecule has 10 heteroatoms. The molecule has 4 atom stereocenters. The van der Waals surface area contributed by atoms with E-state index in [4.69, 9.17) is 14.8 Å². The number of nitrogens with one attached hydrogen (secondary N) is 1. The third-order valence-corrected chi connectivity index (χ3v) is 9.64. The SMILES string of the molecule is CCCCCCC/C=C/CC/C=C/CC/C=C/C(O)C(COP(=O)(O)OCCN)NC(=O)CC(O)CCCCC/C=C\CCCCCCCCC. The molecule has 0 aliphatic heterocycles. The zero-order chi connectivity index (χ0) is 37.7. The molecule has 0 aliphatic rings. The Kier molecular flexibility index (Phi) is 35.6. The number of rotatable bonds is 37. The maximum Gasteiger partial charge on any atom is 0.472 e. The molecule has 4 unspecified atom stereocenters. The predicted molar refractivity (Wildman–Crippen MR) is 213 cm³/mol. The van der Waals surface area contributed by atoms with Crippen LogP contribution < -0.4 is 11.1 Å². The Bertz CT molecular complexity index is 956. The van der Waals surface area contributed by atoms with E-state index in [0.717, 1.165) is 57.8 Å². The lowest BCUT2D eigenvalue weighted by molar-refractivity contribution is -0.124. The van der Waals surface area contributed by atoms with Gasteiger partial charge in [0.15, 0.2) is 0 Å². The summed E-state index contributed by atoms with van der Waals surface area (Å²) in [6.45, 7) is 3.89. The summed E-state index contributed by atoms with van der Waals surface area (Å²) in [7, 11) is -4.41. The highest BCUT2D eigenvalue weighted by molar-refractivity contribution is 7.47. The molecule has 0 saturated heterocycles. The molecule has 0 bridgehead atoms. The number of aliphatic hydroxyl groups is 2. The molecular weight excluding hydrogens is 663 g/mol. The molecular formula is C41H77N2O7P. The normalized spacial score (nSPS) is 15.3. The van der Waals surface area contributed by atoms with Crippen LogP contribution in [0.2, 0.25) is 0 Å². The van der Waals surface area contributed by atoms with E-state index in [0.29, 0.717) is 12.8 Å². The van der Waals surface area contributed by atoms with Crippen molar-refractivity contribution in [1.82, 2.24) is 5.32 Å². The van der Waals surface area contributed by atoms with Crippen molar-refractivity contribution in [3.05, 3.63) is 48.6 Å². The van der Waals surface area contributed by atoms with Crippen LogP contribution in [0.5, 0.6) is 0 Å². The topological polar surface area (TPSA) is 151 Å². The summed E-state index contributed by atoms with van der Waals surface area (Å²) in [5.41, 5.74) is 5.35. The van der Waals surface area contributed by atoms with Crippen molar-refractivity contribution in [1.29, 1.82) is 0 Å². The standard InChI is InChI=1S/C41H77N2O7P/c1-3-5-7-9-11-13-15-17-19-21-23-25-27-29-31-33-40(45)39(37-50-51(47,48)49-35-34-42)43-41(46)36-38(44)32-30-28-26-24-22-20-18-16-14-12-10-8-6-4-2/h15,17,20,22-23,25,31,33,38-40,44-45H,3-14,16,18-19,21,24,26-30,32,34-37,42H2,1-2H3,(H,43,46)(H,47,48)/b17-15+,22-20-,25-23+,33-31+. The number of hydrogen-bond donors (Lipinski definition) is 5. The van der Waals surface area contributed by atoms with Gasteiger partial charge >= 0.3 is 7.82 Å². The van der Waals surface area contributed by atoms with Crippen LogP contribution in [0.1, 0.15) is 168 Å². The summed E-state index contributed by atoms with van der Waals surface area (Å²) in [4.78, 5) is 22.7. The Morgan fingerprint density at radius 3 is 1.63 bits per heavy atom. The minimum Gasteiger partial charge on any atom is -0.393 e. The number of allylic oxidation sites excluding steroid dienone is 7. The van der Waals surface area contributed by atoms with Crippen LogP contribution in [0.25, 0.3) is 0 Å². The van der Waals surface area contributed by atoms with Crippen LogP contribution in [-0.2, 0) is 18.4 Å².